The van der Waals surface area contributed by atoms with Gasteiger partial charge in [0.1, 0.15) is 6.10 Å². The standard InChI is InChI=1S/C13H25NO3/c1-13(2,7-8-14)6-3-12(15)17-11-4-9-16-10-5-11/h11H,3-10,14H2,1-2H3. The zero-order chi connectivity index (χ0) is 12.7. The molecule has 4 nitrogen and oxygen atoms in total. The van der Waals surface area contributed by atoms with Crippen molar-refractivity contribution in [3.8, 4) is 0 Å². The van der Waals surface area contributed by atoms with Crippen LogP contribution >= 0.6 is 0 Å². The Balaban J connectivity index is 2.20. The van der Waals surface area contributed by atoms with Crippen LogP contribution in [0.15, 0.2) is 0 Å². The summed E-state index contributed by atoms with van der Waals surface area (Å²) < 4.78 is 10.6. The van der Waals surface area contributed by atoms with Crippen LogP contribution in [0.5, 0.6) is 0 Å². The molecule has 0 saturated carbocycles. The van der Waals surface area contributed by atoms with Crippen molar-refractivity contribution in [2.75, 3.05) is 19.8 Å². The van der Waals surface area contributed by atoms with Crippen LogP contribution in [0.4, 0.5) is 0 Å². The molecule has 0 aliphatic carbocycles. The summed E-state index contributed by atoms with van der Waals surface area (Å²) in [5, 5.41) is 0. The number of nitrogens with two attached hydrogens (primary N) is 1. The highest BCUT2D eigenvalue weighted by molar-refractivity contribution is 5.69. The molecule has 0 unspecified atom stereocenters. The van der Waals surface area contributed by atoms with Gasteiger partial charge in [0.2, 0.25) is 0 Å². The molecular weight excluding hydrogens is 218 g/mol. The summed E-state index contributed by atoms with van der Waals surface area (Å²) >= 11 is 0. The molecule has 100 valence electrons. The van der Waals surface area contributed by atoms with E-state index in [1.54, 1.807) is 0 Å². The summed E-state index contributed by atoms with van der Waals surface area (Å²) in [5.74, 6) is -0.0815. The van der Waals surface area contributed by atoms with E-state index in [1.807, 2.05) is 0 Å². The molecule has 1 aliphatic heterocycles. The predicted molar refractivity (Wildman–Crippen MR) is 66.6 cm³/mol. The lowest BCUT2D eigenvalue weighted by Crippen LogP contribution is -2.27. The SMILES string of the molecule is CC(C)(CCN)CCC(=O)OC1CCOCC1. The van der Waals surface area contributed by atoms with Gasteiger partial charge in [0.25, 0.3) is 0 Å². The van der Waals surface area contributed by atoms with Crippen LogP contribution in [0.25, 0.3) is 0 Å². The molecule has 17 heavy (non-hydrogen) atoms. The lowest BCUT2D eigenvalue weighted by molar-refractivity contribution is -0.153. The fraction of sp³-hybridized carbons (Fsp3) is 0.923. The van der Waals surface area contributed by atoms with Gasteiger partial charge in [-0.25, -0.2) is 0 Å². The lowest BCUT2D eigenvalue weighted by Gasteiger charge is -2.25. The summed E-state index contributed by atoms with van der Waals surface area (Å²) in [7, 11) is 0. The largest absolute Gasteiger partial charge is 0.462 e. The van der Waals surface area contributed by atoms with Gasteiger partial charge >= 0.3 is 5.97 Å². The number of carbonyl (C=O) groups is 1. The van der Waals surface area contributed by atoms with Crippen LogP contribution in [-0.4, -0.2) is 31.8 Å². The van der Waals surface area contributed by atoms with Crippen molar-refractivity contribution in [3.05, 3.63) is 0 Å². The van der Waals surface area contributed by atoms with Gasteiger partial charge in [0.05, 0.1) is 13.2 Å². The van der Waals surface area contributed by atoms with Crippen molar-refractivity contribution in [1.29, 1.82) is 0 Å². The van der Waals surface area contributed by atoms with Gasteiger partial charge in [-0.15, -0.1) is 0 Å². The van der Waals surface area contributed by atoms with E-state index in [1.165, 1.54) is 0 Å². The molecule has 0 bridgehead atoms. The topological polar surface area (TPSA) is 61.6 Å². The Morgan fingerprint density at radius 1 is 1.35 bits per heavy atom. The molecule has 1 aliphatic rings. The molecule has 0 radical (unpaired) electrons. The maximum Gasteiger partial charge on any atom is 0.306 e. The number of ether oxygens (including phenoxy) is 2. The highest BCUT2D eigenvalue weighted by atomic mass is 16.5. The second-order valence-electron chi connectivity index (χ2n) is 5.50. The summed E-state index contributed by atoms with van der Waals surface area (Å²) in [6, 6.07) is 0. The Bertz CT molecular complexity index is 235. The summed E-state index contributed by atoms with van der Waals surface area (Å²) in [5.41, 5.74) is 5.67. The Morgan fingerprint density at radius 2 is 2.00 bits per heavy atom. The van der Waals surface area contributed by atoms with Gasteiger partial charge in [0.15, 0.2) is 0 Å². The Hall–Kier alpha value is -0.610. The zero-order valence-electron chi connectivity index (χ0n) is 11.0. The third-order valence-corrected chi connectivity index (χ3v) is 3.29. The van der Waals surface area contributed by atoms with Gasteiger partial charge in [-0.1, -0.05) is 13.8 Å². The Kier molecular flexibility index (Phi) is 5.92. The van der Waals surface area contributed by atoms with E-state index >= 15 is 0 Å². The number of hydrogen-bond donors (Lipinski definition) is 1. The first kappa shape index (κ1) is 14.5. The number of rotatable bonds is 6. The van der Waals surface area contributed by atoms with Gasteiger partial charge in [-0.2, -0.15) is 0 Å². The quantitative estimate of drug-likeness (QED) is 0.723. The van der Waals surface area contributed by atoms with Crippen LogP contribution in [0, 0.1) is 5.41 Å². The molecule has 4 heteroatoms. The minimum atomic E-state index is -0.0815. The number of carbonyl (C=O) groups excluding carboxylic acids is 1. The van der Waals surface area contributed by atoms with Crippen molar-refractivity contribution < 1.29 is 14.3 Å². The smallest absolute Gasteiger partial charge is 0.306 e. The summed E-state index contributed by atoms with van der Waals surface area (Å²) in [4.78, 5) is 11.7. The fourth-order valence-electron chi connectivity index (χ4n) is 1.99. The molecule has 1 heterocycles. The van der Waals surface area contributed by atoms with Crippen LogP contribution in [0.3, 0.4) is 0 Å². The summed E-state index contributed by atoms with van der Waals surface area (Å²) in [6.07, 6.45) is 4.00. The highest BCUT2D eigenvalue weighted by Gasteiger charge is 2.21. The van der Waals surface area contributed by atoms with E-state index in [-0.39, 0.29) is 17.5 Å². The van der Waals surface area contributed by atoms with E-state index in [9.17, 15) is 4.79 Å². The lowest BCUT2D eigenvalue weighted by atomic mass is 9.84. The van der Waals surface area contributed by atoms with Gasteiger partial charge < -0.3 is 15.2 Å². The fourth-order valence-corrected chi connectivity index (χ4v) is 1.99. The van der Waals surface area contributed by atoms with Gasteiger partial charge in [-0.05, 0) is 24.8 Å². The Labute approximate surface area is 104 Å². The third-order valence-electron chi connectivity index (χ3n) is 3.29. The minimum Gasteiger partial charge on any atom is -0.462 e. The van der Waals surface area contributed by atoms with Gasteiger partial charge in [0, 0.05) is 19.3 Å². The van der Waals surface area contributed by atoms with Crippen molar-refractivity contribution in [3.63, 3.8) is 0 Å². The second kappa shape index (κ2) is 6.97. The number of hydrogen-bond acceptors (Lipinski definition) is 4. The Morgan fingerprint density at radius 3 is 2.59 bits per heavy atom. The average Bonchev–Trinajstić information content (AvgIpc) is 2.28. The molecule has 0 aromatic carbocycles. The molecule has 0 amide bonds. The van der Waals surface area contributed by atoms with Crippen LogP contribution in [0.2, 0.25) is 0 Å². The maximum absolute atomic E-state index is 11.7. The van der Waals surface area contributed by atoms with Crippen molar-refractivity contribution in [2.24, 2.45) is 11.1 Å². The van der Waals surface area contributed by atoms with Gasteiger partial charge in [-0.3, -0.25) is 4.79 Å². The molecule has 1 fully saturated rings. The minimum absolute atomic E-state index is 0.0638. The second-order valence-corrected chi connectivity index (χ2v) is 5.50. The first-order valence-corrected chi connectivity index (χ1v) is 6.51. The first-order valence-electron chi connectivity index (χ1n) is 6.51. The van der Waals surface area contributed by atoms with E-state index in [0.29, 0.717) is 26.2 Å². The maximum atomic E-state index is 11.7. The molecular formula is C13H25NO3. The third kappa shape index (κ3) is 6.03. The monoisotopic (exact) mass is 243 g/mol. The van der Waals surface area contributed by atoms with Crippen molar-refractivity contribution >= 4 is 5.97 Å². The molecule has 0 atom stereocenters. The molecule has 1 saturated heterocycles. The average molecular weight is 243 g/mol. The van der Waals surface area contributed by atoms with Crippen LogP contribution in [0.1, 0.15) is 46.0 Å². The molecule has 2 N–H and O–H groups in total. The molecule has 0 aromatic heterocycles. The van der Waals surface area contributed by atoms with Crippen LogP contribution in [-0.2, 0) is 14.3 Å². The summed E-state index contributed by atoms with van der Waals surface area (Å²) in [6.45, 7) is 6.36. The molecule has 1 rings (SSSR count). The zero-order valence-corrected chi connectivity index (χ0v) is 11.0. The highest BCUT2D eigenvalue weighted by Crippen LogP contribution is 2.26. The first-order chi connectivity index (χ1) is 8.03. The normalized spacial score (nSPS) is 18.1. The van der Waals surface area contributed by atoms with Crippen molar-refractivity contribution in [1.82, 2.24) is 0 Å². The number of esters is 1. The van der Waals surface area contributed by atoms with E-state index in [2.05, 4.69) is 13.8 Å². The van der Waals surface area contributed by atoms with E-state index < -0.39 is 0 Å². The molecule has 0 spiro atoms. The van der Waals surface area contributed by atoms with E-state index in [4.69, 9.17) is 15.2 Å². The van der Waals surface area contributed by atoms with Crippen LogP contribution < -0.4 is 5.73 Å². The molecule has 0 aromatic rings. The van der Waals surface area contributed by atoms with E-state index in [0.717, 1.165) is 25.7 Å². The predicted octanol–water partition coefficient (Wildman–Crippen LogP) is 1.86. The van der Waals surface area contributed by atoms with Crippen molar-refractivity contribution in [2.45, 2.75) is 52.1 Å².